The van der Waals surface area contributed by atoms with Crippen molar-refractivity contribution in [1.29, 1.82) is 0 Å². The normalized spacial score (nSPS) is 12.5. The smallest absolute Gasteiger partial charge is 0.298 e. The highest BCUT2D eigenvalue weighted by molar-refractivity contribution is 7.99. The minimum atomic E-state index is -4.85. The van der Waals surface area contributed by atoms with E-state index in [4.69, 9.17) is 11.5 Å². The van der Waals surface area contributed by atoms with Crippen LogP contribution in [0, 0.1) is 0 Å². The lowest BCUT2D eigenvalue weighted by Gasteiger charge is -2.13. The van der Waals surface area contributed by atoms with Gasteiger partial charge in [0.2, 0.25) is 0 Å². The van der Waals surface area contributed by atoms with E-state index in [2.05, 4.69) is 20.5 Å². The lowest BCUT2D eigenvalue weighted by molar-refractivity contribution is 0.444. The maximum atomic E-state index is 12.2. The average molecular weight is 777 g/mol. The fourth-order valence-corrected chi connectivity index (χ4v) is 8.34. The Kier molecular flexibility index (Phi) is 9.88. The van der Waals surface area contributed by atoms with Gasteiger partial charge in [-0.15, -0.1) is 44.0 Å². The Morgan fingerprint density at radius 1 is 0.538 bits per heavy atom. The van der Waals surface area contributed by atoms with Crippen molar-refractivity contribution < 1.29 is 36.2 Å². The van der Waals surface area contributed by atoms with Crippen molar-refractivity contribution in [2.75, 3.05) is 24.0 Å². The number of phenolic OH excluding ortho intramolecular Hbond substituents is 2. The summed E-state index contributed by atoms with van der Waals surface area (Å²) >= 11 is 2.73. The van der Waals surface area contributed by atoms with E-state index in [0.29, 0.717) is 21.2 Å². The summed E-state index contributed by atoms with van der Waals surface area (Å²) in [5, 5.41) is 39.0. The predicted molar refractivity (Wildman–Crippen MR) is 203 cm³/mol. The number of nitrogens with zero attached hydrogens (tertiary/aromatic N) is 4. The number of aromatic hydroxyl groups is 2. The van der Waals surface area contributed by atoms with E-state index in [1.54, 1.807) is 48.5 Å². The Hall–Kier alpha value is -5.24. The SMILES string of the molecule is CSc1cc(-c2ccc(/N=N/c3c(O)c(S(=O)(=O)O)c4ccccc4c3N)c(SC)c2)ccc1/N=N/c1c(O)c(S(=O)(=O)O)c2ccccc2c1N. The number of azo groups is 2. The molecule has 0 spiro atoms. The summed E-state index contributed by atoms with van der Waals surface area (Å²) in [7, 11) is -9.70. The minimum absolute atomic E-state index is 0.0224. The number of thioether (sulfide) groups is 2. The first-order valence-electron chi connectivity index (χ1n) is 14.9. The second kappa shape index (κ2) is 14.1. The number of hydrogen-bond donors (Lipinski definition) is 6. The first-order valence-corrected chi connectivity index (χ1v) is 20.2. The van der Waals surface area contributed by atoms with Crippen molar-refractivity contribution in [3.8, 4) is 22.6 Å². The van der Waals surface area contributed by atoms with Gasteiger partial charge >= 0.3 is 0 Å². The molecule has 18 heteroatoms. The highest BCUT2D eigenvalue weighted by Crippen LogP contribution is 2.48. The summed E-state index contributed by atoms with van der Waals surface area (Å²) in [6.07, 6.45) is 3.66. The van der Waals surface area contributed by atoms with Gasteiger partial charge in [0, 0.05) is 31.3 Å². The summed E-state index contributed by atoms with van der Waals surface area (Å²) in [5.41, 5.74) is 14.2. The van der Waals surface area contributed by atoms with Gasteiger partial charge in [-0.2, -0.15) is 16.8 Å². The lowest BCUT2D eigenvalue weighted by Crippen LogP contribution is -2.02. The standard InChI is InChI=1S/C34H28N6O8S4/c1-49-25-15-17(11-13-23(25)37-39-29-27(35)19-7-3-5-9-21(19)33(31(29)41)51(43,44)45)18-12-14-24(26(16-18)50-2)38-40-30-28(36)20-8-4-6-10-22(20)34(32(30)42)52(46,47)48/h3-16,41-42H,35-36H2,1-2H3,(H,43,44,45)(H,46,47,48)/b39-37+,40-38+. The van der Waals surface area contributed by atoms with Gasteiger partial charge in [0.15, 0.2) is 22.9 Å². The molecule has 14 nitrogen and oxygen atoms in total. The third kappa shape index (κ3) is 6.74. The van der Waals surface area contributed by atoms with E-state index in [1.165, 1.54) is 47.8 Å². The fraction of sp³-hybridized carbons (Fsp3) is 0.0588. The Bertz CT molecular complexity index is 2540. The van der Waals surface area contributed by atoms with Crippen LogP contribution < -0.4 is 11.5 Å². The Balaban J connectivity index is 1.35. The van der Waals surface area contributed by atoms with E-state index in [9.17, 15) is 36.2 Å². The first-order chi connectivity index (χ1) is 24.6. The zero-order valence-corrected chi connectivity index (χ0v) is 30.3. The van der Waals surface area contributed by atoms with Crippen molar-refractivity contribution in [2.45, 2.75) is 19.6 Å². The molecule has 0 aliphatic carbocycles. The number of anilines is 2. The van der Waals surface area contributed by atoms with Crippen LogP contribution in [0.1, 0.15) is 0 Å². The number of phenols is 2. The van der Waals surface area contributed by atoms with Crippen molar-refractivity contribution >= 4 is 99.4 Å². The highest BCUT2D eigenvalue weighted by atomic mass is 32.2. The molecule has 0 unspecified atom stereocenters. The number of hydrogen-bond acceptors (Lipinski definition) is 14. The molecule has 52 heavy (non-hydrogen) atoms. The number of benzene rings is 6. The topological polar surface area (TPSA) is 251 Å². The van der Waals surface area contributed by atoms with Gasteiger partial charge in [-0.3, -0.25) is 9.11 Å². The molecule has 0 saturated carbocycles. The zero-order valence-electron chi connectivity index (χ0n) is 27.1. The monoisotopic (exact) mass is 776 g/mol. The minimum Gasteiger partial charge on any atom is -0.504 e. The molecule has 0 heterocycles. The molecule has 0 atom stereocenters. The Morgan fingerprint density at radius 3 is 1.21 bits per heavy atom. The summed E-state index contributed by atoms with van der Waals surface area (Å²) in [5.74, 6) is -1.66. The van der Waals surface area contributed by atoms with Gasteiger partial charge in [-0.25, -0.2) is 0 Å². The second-order valence-corrected chi connectivity index (χ2v) is 15.5. The van der Waals surface area contributed by atoms with Crippen molar-refractivity contribution in [3.63, 3.8) is 0 Å². The third-order valence-corrected chi connectivity index (χ3v) is 11.4. The molecular formula is C34H28N6O8S4. The van der Waals surface area contributed by atoms with E-state index >= 15 is 0 Å². The quantitative estimate of drug-likeness (QED) is 0.0348. The molecule has 0 aliphatic heterocycles. The largest absolute Gasteiger partial charge is 0.504 e. The van der Waals surface area contributed by atoms with Crippen LogP contribution in [0.4, 0.5) is 34.1 Å². The van der Waals surface area contributed by atoms with E-state index in [0.717, 1.165) is 11.1 Å². The fourth-order valence-electron chi connectivity index (χ4n) is 5.62. The Morgan fingerprint density at radius 2 is 0.885 bits per heavy atom. The van der Waals surface area contributed by atoms with Crippen molar-refractivity contribution in [2.24, 2.45) is 20.5 Å². The van der Waals surface area contributed by atoms with Gasteiger partial charge in [0.1, 0.15) is 9.79 Å². The van der Waals surface area contributed by atoms with Gasteiger partial charge in [0.05, 0.1) is 22.7 Å². The molecule has 0 radical (unpaired) electrons. The predicted octanol–water partition coefficient (Wildman–Crippen LogP) is 9.00. The summed E-state index contributed by atoms with van der Waals surface area (Å²) in [6, 6.07) is 22.9. The second-order valence-electron chi connectivity index (χ2n) is 11.1. The number of fused-ring (bicyclic) bond motifs is 2. The molecule has 0 saturated heterocycles. The summed E-state index contributed by atoms with van der Waals surface area (Å²) < 4.78 is 68.5. The number of rotatable bonds is 9. The van der Waals surface area contributed by atoms with Crippen LogP contribution >= 0.6 is 23.5 Å². The van der Waals surface area contributed by atoms with Gasteiger partial charge in [0.25, 0.3) is 20.2 Å². The van der Waals surface area contributed by atoms with Crippen LogP contribution in [0.25, 0.3) is 32.7 Å². The van der Waals surface area contributed by atoms with Crippen molar-refractivity contribution in [3.05, 3.63) is 84.9 Å². The van der Waals surface area contributed by atoms with Crippen molar-refractivity contribution in [1.82, 2.24) is 0 Å². The first kappa shape index (κ1) is 36.5. The van der Waals surface area contributed by atoms with Crippen LogP contribution in [0.15, 0.2) is 125 Å². The van der Waals surface area contributed by atoms with Gasteiger partial charge < -0.3 is 21.7 Å². The highest BCUT2D eigenvalue weighted by Gasteiger charge is 2.27. The third-order valence-electron chi connectivity index (χ3n) is 8.04. The molecule has 0 aromatic heterocycles. The molecule has 6 aromatic rings. The maximum Gasteiger partial charge on any atom is 0.298 e. The average Bonchev–Trinajstić information content (AvgIpc) is 3.10. The molecular weight excluding hydrogens is 749 g/mol. The van der Waals surface area contributed by atoms with E-state index in [-0.39, 0.29) is 44.3 Å². The maximum absolute atomic E-state index is 12.2. The molecule has 6 rings (SSSR count). The summed E-state index contributed by atoms with van der Waals surface area (Å²) in [6.45, 7) is 0. The molecule has 0 amide bonds. The molecule has 0 bridgehead atoms. The number of nitrogens with two attached hydrogens (primary N) is 2. The zero-order chi connectivity index (χ0) is 37.5. The molecule has 0 aliphatic rings. The van der Waals surface area contributed by atoms with Crippen LogP contribution in [-0.2, 0) is 20.2 Å². The van der Waals surface area contributed by atoms with Crippen LogP contribution in [-0.4, -0.2) is 48.7 Å². The molecule has 0 fully saturated rings. The summed E-state index contributed by atoms with van der Waals surface area (Å²) in [4.78, 5) is -0.0813. The van der Waals surface area contributed by atoms with Crippen LogP contribution in [0.5, 0.6) is 11.5 Å². The van der Waals surface area contributed by atoms with E-state index in [1.807, 2.05) is 24.6 Å². The Labute approximate surface area is 305 Å². The number of nitrogen functional groups attached to an aromatic ring is 2. The van der Waals surface area contributed by atoms with Gasteiger partial charge in [-0.05, 0) is 47.9 Å². The van der Waals surface area contributed by atoms with Gasteiger partial charge in [-0.1, -0.05) is 60.7 Å². The van der Waals surface area contributed by atoms with Crippen LogP contribution in [0.3, 0.4) is 0 Å². The molecule has 266 valence electrons. The van der Waals surface area contributed by atoms with Crippen LogP contribution in [0.2, 0.25) is 0 Å². The molecule has 6 aromatic carbocycles. The lowest BCUT2D eigenvalue weighted by atomic mass is 10.0. The van der Waals surface area contributed by atoms with E-state index < -0.39 is 41.5 Å². The molecule has 8 N–H and O–H groups in total.